The van der Waals surface area contributed by atoms with Gasteiger partial charge in [0, 0.05) is 10.2 Å². The van der Waals surface area contributed by atoms with Crippen LogP contribution in [0.4, 0.5) is 0 Å². The number of rotatable bonds is 4. The smallest absolute Gasteiger partial charge is 0.256 e. The number of nitrogens with zero attached hydrogens (tertiary/aromatic N) is 1. The number of hydrogen-bond acceptors (Lipinski definition) is 4. The van der Waals surface area contributed by atoms with Crippen LogP contribution in [0.5, 0.6) is 5.75 Å². The molecule has 0 saturated carbocycles. The van der Waals surface area contributed by atoms with Crippen molar-refractivity contribution in [2.24, 2.45) is 0 Å². The lowest BCUT2D eigenvalue weighted by Gasteiger charge is -2.05. The zero-order chi connectivity index (χ0) is 12.3. The molecule has 0 aliphatic carbocycles. The van der Waals surface area contributed by atoms with E-state index in [-0.39, 0.29) is 0 Å². The molecule has 0 amide bonds. The van der Waals surface area contributed by atoms with Crippen LogP contribution in [0.3, 0.4) is 0 Å². The summed E-state index contributed by atoms with van der Waals surface area (Å²) in [6.45, 7) is 1.91. The van der Waals surface area contributed by atoms with Crippen molar-refractivity contribution in [3.05, 3.63) is 40.2 Å². The van der Waals surface area contributed by atoms with Crippen molar-refractivity contribution >= 4 is 27.7 Å². The summed E-state index contributed by atoms with van der Waals surface area (Å²) >= 11 is 5.08. The van der Waals surface area contributed by atoms with E-state index in [9.17, 15) is 0 Å². The molecule has 0 unspecified atom stereocenters. The molecule has 0 N–H and O–H groups in total. The molecule has 1 aromatic heterocycles. The Morgan fingerprint density at radius 3 is 2.94 bits per heavy atom. The molecule has 2 aromatic rings. The van der Waals surface area contributed by atoms with Gasteiger partial charge in [0.1, 0.15) is 12.0 Å². The Balaban J connectivity index is 2.07. The van der Waals surface area contributed by atoms with Crippen molar-refractivity contribution in [2.75, 3.05) is 7.11 Å². The predicted molar refractivity (Wildman–Crippen MR) is 71.5 cm³/mol. The zero-order valence-corrected chi connectivity index (χ0v) is 12.0. The van der Waals surface area contributed by atoms with E-state index < -0.39 is 0 Å². The van der Waals surface area contributed by atoms with Gasteiger partial charge in [-0.05, 0) is 30.7 Å². The van der Waals surface area contributed by atoms with E-state index in [1.807, 2.05) is 25.1 Å². The second-order valence-electron chi connectivity index (χ2n) is 3.50. The van der Waals surface area contributed by atoms with Crippen LogP contribution in [0.1, 0.15) is 11.3 Å². The fourth-order valence-electron chi connectivity index (χ4n) is 1.33. The lowest BCUT2D eigenvalue weighted by Crippen LogP contribution is -1.87. The third kappa shape index (κ3) is 3.26. The van der Waals surface area contributed by atoms with E-state index in [1.54, 1.807) is 25.1 Å². The largest absolute Gasteiger partial charge is 0.497 e. The number of aryl methyl sites for hydroxylation is 1. The monoisotopic (exact) mass is 313 g/mol. The van der Waals surface area contributed by atoms with Gasteiger partial charge >= 0.3 is 0 Å². The Labute approximate surface area is 113 Å². The summed E-state index contributed by atoms with van der Waals surface area (Å²) in [5.41, 5.74) is 2.06. The maximum absolute atomic E-state index is 5.29. The number of halogens is 1. The zero-order valence-electron chi connectivity index (χ0n) is 9.57. The summed E-state index contributed by atoms with van der Waals surface area (Å²) in [7, 11) is 1.66. The van der Waals surface area contributed by atoms with Crippen molar-refractivity contribution in [3.63, 3.8) is 0 Å². The van der Waals surface area contributed by atoms with Gasteiger partial charge in [-0.1, -0.05) is 27.7 Å². The van der Waals surface area contributed by atoms with E-state index >= 15 is 0 Å². The van der Waals surface area contributed by atoms with Crippen molar-refractivity contribution in [3.8, 4) is 5.75 Å². The lowest BCUT2D eigenvalue weighted by molar-refractivity contribution is 0.414. The van der Waals surface area contributed by atoms with Crippen LogP contribution in [-0.4, -0.2) is 12.1 Å². The van der Waals surface area contributed by atoms with Gasteiger partial charge in [-0.3, -0.25) is 0 Å². The number of methoxy groups -OCH3 is 1. The van der Waals surface area contributed by atoms with Crippen molar-refractivity contribution in [1.29, 1.82) is 0 Å². The minimum Gasteiger partial charge on any atom is -0.497 e. The van der Waals surface area contributed by atoms with Gasteiger partial charge in [0.05, 0.1) is 12.8 Å². The van der Waals surface area contributed by atoms with Gasteiger partial charge in [-0.15, -0.1) is 0 Å². The van der Waals surface area contributed by atoms with Gasteiger partial charge in [0.15, 0.2) is 0 Å². The molecule has 0 atom stereocenters. The van der Waals surface area contributed by atoms with E-state index in [4.69, 9.17) is 9.15 Å². The highest BCUT2D eigenvalue weighted by molar-refractivity contribution is 9.10. The molecular formula is C12H12BrNO2S. The first-order chi connectivity index (χ1) is 8.19. The van der Waals surface area contributed by atoms with E-state index in [1.165, 1.54) is 0 Å². The normalized spacial score (nSPS) is 10.5. The maximum Gasteiger partial charge on any atom is 0.256 e. The number of benzene rings is 1. The first-order valence-electron chi connectivity index (χ1n) is 5.06. The quantitative estimate of drug-likeness (QED) is 0.798. The summed E-state index contributed by atoms with van der Waals surface area (Å²) in [5, 5.41) is 0.692. The molecule has 17 heavy (non-hydrogen) atoms. The van der Waals surface area contributed by atoms with Crippen LogP contribution in [0, 0.1) is 6.92 Å². The topological polar surface area (TPSA) is 35.3 Å². The maximum atomic E-state index is 5.29. The minimum absolute atomic E-state index is 0.692. The summed E-state index contributed by atoms with van der Waals surface area (Å²) < 4.78 is 11.5. The Morgan fingerprint density at radius 2 is 2.29 bits per heavy atom. The molecule has 5 heteroatoms. The standard InChI is InChI=1S/C12H12BrNO2S/c1-8-6-16-12(14-8)17-7-9-5-10(15-2)3-4-11(9)13/h3-6H,7H2,1-2H3. The van der Waals surface area contributed by atoms with E-state index in [0.717, 1.165) is 27.2 Å². The molecule has 0 saturated heterocycles. The van der Waals surface area contributed by atoms with Gasteiger partial charge in [0.25, 0.3) is 5.22 Å². The van der Waals surface area contributed by atoms with Crippen molar-refractivity contribution < 1.29 is 9.15 Å². The Kier molecular flexibility index (Phi) is 4.12. The fourth-order valence-corrected chi connectivity index (χ4v) is 2.74. The first-order valence-corrected chi connectivity index (χ1v) is 6.84. The van der Waals surface area contributed by atoms with Crippen molar-refractivity contribution in [1.82, 2.24) is 4.98 Å². The molecule has 3 nitrogen and oxygen atoms in total. The van der Waals surface area contributed by atoms with E-state index in [0.29, 0.717) is 5.22 Å². The SMILES string of the molecule is COc1ccc(Br)c(CSc2nc(C)co2)c1. The minimum atomic E-state index is 0.692. The molecule has 0 aliphatic rings. The number of thioether (sulfide) groups is 1. The number of oxazole rings is 1. The van der Waals surface area contributed by atoms with E-state index in [2.05, 4.69) is 20.9 Å². The molecule has 90 valence electrons. The molecule has 0 aliphatic heterocycles. The van der Waals surface area contributed by atoms with Crippen LogP contribution >= 0.6 is 27.7 Å². The molecule has 1 heterocycles. The Bertz CT molecular complexity index is 513. The number of ether oxygens (including phenoxy) is 1. The highest BCUT2D eigenvalue weighted by atomic mass is 79.9. The number of hydrogen-bond donors (Lipinski definition) is 0. The molecule has 0 radical (unpaired) electrons. The molecule has 0 fully saturated rings. The third-order valence-corrected chi connectivity index (χ3v) is 3.87. The molecule has 1 aromatic carbocycles. The molecule has 0 bridgehead atoms. The van der Waals surface area contributed by atoms with Gasteiger partial charge in [-0.2, -0.15) is 0 Å². The van der Waals surface area contributed by atoms with Gasteiger partial charge in [0.2, 0.25) is 0 Å². The highest BCUT2D eigenvalue weighted by Gasteiger charge is 2.06. The number of aromatic nitrogens is 1. The first kappa shape index (κ1) is 12.5. The van der Waals surface area contributed by atoms with Crippen LogP contribution in [0.15, 0.2) is 38.6 Å². The second-order valence-corrected chi connectivity index (χ2v) is 5.28. The van der Waals surface area contributed by atoms with Gasteiger partial charge < -0.3 is 9.15 Å². The molecular weight excluding hydrogens is 302 g/mol. The Hall–Kier alpha value is -0.940. The molecule has 0 spiro atoms. The summed E-state index contributed by atoms with van der Waals surface area (Å²) in [4.78, 5) is 4.25. The lowest BCUT2D eigenvalue weighted by atomic mass is 10.2. The van der Waals surface area contributed by atoms with Gasteiger partial charge in [-0.25, -0.2) is 4.98 Å². The fraction of sp³-hybridized carbons (Fsp3) is 0.250. The predicted octanol–water partition coefficient (Wildman–Crippen LogP) is 4.05. The Morgan fingerprint density at radius 1 is 1.47 bits per heavy atom. The van der Waals surface area contributed by atoms with Crippen LogP contribution in [0.2, 0.25) is 0 Å². The second kappa shape index (κ2) is 5.60. The van der Waals surface area contributed by atoms with Crippen LogP contribution in [-0.2, 0) is 5.75 Å². The summed E-state index contributed by atoms with van der Waals surface area (Å²) in [6, 6.07) is 5.91. The summed E-state index contributed by atoms with van der Waals surface area (Å²) in [5.74, 6) is 1.64. The highest BCUT2D eigenvalue weighted by Crippen LogP contribution is 2.29. The third-order valence-electron chi connectivity index (χ3n) is 2.20. The van der Waals surface area contributed by atoms with Crippen LogP contribution in [0.25, 0.3) is 0 Å². The summed E-state index contributed by atoms with van der Waals surface area (Å²) in [6.07, 6.45) is 1.66. The van der Waals surface area contributed by atoms with Crippen molar-refractivity contribution in [2.45, 2.75) is 17.9 Å². The average Bonchev–Trinajstić information content (AvgIpc) is 2.74. The average molecular weight is 314 g/mol. The van der Waals surface area contributed by atoms with Crippen LogP contribution < -0.4 is 4.74 Å². The molecule has 2 rings (SSSR count).